The molecule has 7 nitrogen and oxygen atoms in total. The summed E-state index contributed by atoms with van der Waals surface area (Å²) in [6.45, 7) is 2.10. The van der Waals surface area contributed by atoms with E-state index in [1.807, 2.05) is 24.3 Å². The van der Waals surface area contributed by atoms with Crippen LogP contribution < -0.4 is 4.74 Å². The van der Waals surface area contributed by atoms with Gasteiger partial charge >= 0.3 is 0 Å². The van der Waals surface area contributed by atoms with Crippen LogP contribution in [-0.4, -0.2) is 51.5 Å². The molecule has 1 N–H and O–H groups in total. The van der Waals surface area contributed by atoms with Crippen LogP contribution in [0.15, 0.2) is 35.0 Å². The van der Waals surface area contributed by atoms with Gasteiger partial charge in [0, 0.05) is 12.1 Å². The maximum Gasteiger partial charge on any atom is 0.277 e. The minimum atomic E-state index is 0.240. The third-order valence-corrected chi connectivity index (χ3v) is 4.52. The number of aromatic nitrogens is 4. The molecule has 0 aliphatic carbocycles. The van der Waals surface area contributed by atoms with Crippen LogP contribution >= 0.6 is 11.6 Å². The molecule has 1 aliphatic heterocycles. The number of ether oxygens (including phenoxy) is 1. The number of aromatic amines is 1. The molecule has 8 heteroatoms. The van der Waals surface area contributed by atoms with Crippen molar-refractivity contribution in [3.05, 3.63) is 35.5 Å². The molecule has 2 aromatic heterocycles. The van der Waals surface area contributed by atoms with E-state index in [-0.39, 0.29) is 6.10 Å². The highest BCUT2D eigenvalue weighted by Gasteiger charge is 2.19. The van der Waals surface area contributed by atoms with Gasteiger partial charge in [-0.3, -0.25) is 5.10 Å². The lowest BCUT2D eigenvalue weighted by Crippen LogP contribution is -2.38. The number of halogens is 1. The molecule has 3 heterocycles. The summed E-state index contributed by atoms with van der Waals surface area (Å²) < 4.78 is 11.3. The van der Waals surface area contributed by atoms with Crippen LogP contribution in [-0.2, 0) is 0 Å². The molecule has 0 amide bonds. The zero-order valence-corrected chi connectivity index (χ0v) is 14.5. The van der Waals surface area contributed by atoms with Gasteiger partial charge < -0.3 is 14.2 Å². The standard InChI is InChI=1S/C17H18ClN5O2/c1-23-8-2-3-13(10-23)24-12-6-4-11(5-7-12)16-20-17(25-22-16)15-14(18)9-19-21-15/h4-7,9,13H,2-3,8,10H2,1H3,(H,19,21). The van der Waals surface area contributed by atoms with Gasteiger partial charge in [-0.15, -0.1) is 0 Å². The molecule has 0 saturated carbocycles. The molecular weight excluding hydrogens is 342 g/mol. The number of nitrogens with zero attached hydrogens (tertiary/aromatic N) is 4. The second-order valence-electron chi connectivity index (χ2n) is 6.18. The van der Waals surface area contributed by atoms with Crippen LogP contribution in [0.4, 0.5) is 0 Å². The number of piperidine rings is 1. The molecule has 3 aromatic rings. The lowest BCUT2D eigenvalue weighted by Gasteiger charge is -2.30. The summed E-state index contributed by atoms with van der Waals surface area (Å²) in [6.07, 6.45) is 3.99. The van der Waals surface area contributed by atoms with Crippen molar-refractivity contribution in [1.29, 1.82) is 0 Å². The predicted molar refractivity (Wildman–Crippen MR) is 93.5 cm³/mol. The van der Waals surface area contributed by atoms with Gasteiger partial charge in [0.25, 0.3) is 5.89 Å². The minimum absolute atomic E-state index is 0.240. The fourth-order valence-corrected chi connectivity index (χ4v) is 3.13. The second-order valence-corrected chi connectivity index (χ2v) is 6.59. The SMILES string of the molecule is CN1CCCC(Oc2ccc(-c3noc(-c4[nH]ncc4Cl)n3)cc2)C1. The van der Waals surface area contributed by atoms with E-state index in [2.05, 4.69) is 32.3 Å². The summed E-state index contributed by atoms with van der Waals surface area (Å²) >= 11 is 6.01. The first-order chi connectivity index (χ1) is 12.2. The minimum Gasteiger partial charge on any atom is -0.489 e. The molecule has 1 saturated heterocycles. The van der Waals surface area contributed by atoms with Gasteiger partial charge in [-0.2, -0.15) is 10.1 Å². The Labute approximate surface area is 149 Å². The zero-order valence-electron chi connectivity index (χ0n) is 13.8. The van der Waals surface area contributed by atoms with E-state index < -0.39 is 0 Å². The van der Waals surface area contributed by atoms with Crippen molar-refractivity contribution >= 4 is 11.6 Å². The Balaban J connectivity index is 1.47. The van der Waals surface area contributed by atoms with Crippen molar-refractivity contribution < 1.29 is 9.26 Å². The average Bonchev–Trinajstić information content (AvgIpc) is 3.24. The highest BCUT2D eigenvalue weighted by molar-refractivity contribution is 6.32. The number of likely N-dealkylation sites (tertiary alicyclic amines) is 1. The largest absolute Gasteiger partial charge is 0.489 e. The summed E-state index contributed by atoms with van der Waals surface area (Å²) in [4.78, 5) is 6.65. The smallest absolute Gasteiger partial charge is 0.277 e. The lowest BCUT2D eigenvalue weighted by atomic mass is 10.1. The van der Waals surface area contributed by atoms with Crippen molar-refractivity contribution in [3.63, 3.8) is 0 Å². The number of rotatable bonds is 4. The molecule has 4 rings (SSSR count). The van der Waals surface area contributed by atoms with Crippen LogP contribution in [0.25, 0.3) is 23.0 Å². The predicted octanol–water partition coefficient (Wildman–Crippen LogP) is 3.25. The maximum atomic E-state index is 6.06. The zero-order chi connectivity index (χ0) is 17.2. The van der Waals surface area contributed by atoms with Gasteiger partial charge in [0.1, 0.15) is 17.5 Å². The highest BCUT2D eigenvalue weighted by Crippen LogP contribution is 2.27. The molecule has 1 aromatic carbocycles. The summed E-state index contributed by atoms with van der Waals surface area (Å²) in [6, 6.07) is 7.71. The maximum absolute atomic E-state index is 6.06. The summed E-state index contributed by atoms with van der Waals surface area (Å²) in [5, 5.41) is 11.0. The fourth-order valence-electron chi connectivity index (χ4n) is 2.95. The van der Waals surface area contributed by atoms with E-state index in [0.29, 0.717) is 22.4 Å². The average molecular weight is 360 g/mol. The van der Waals surface area contributed by atoms with Crippen molar-refractivity contribution in [2.45, 2.75) is 18.9 Å². The van der Waals surface area contributed by atoms with Gasteiger partial charge in [0.05, 0.1) is 11.2 Å². The Kier molecular flexibility index (Phi) is 4.42. The van der Waals surface area contributed by atoms with Crippen molar-refractivity contribution in [3.8, 4) is 28.7 Å². The quantitative estimate of drug-likeness (QED) is 0.770. The first kappa shape index (κ1) is 16.1. The van der Waals surface area contributed by atoms with E-state index in [1.165, 1.54) is 12.6 Å². The molecule has 130 valence electrons. The van der Waals surface area contributed by atoms with Crippen molar-refractivity contribution in [2.75, 3.05) is 20.1 Å². The number of nitrogens with one attached hydrogen (secondary N) is 1. The van der Waals surface area contributed by atoms with Gasteiger partial charge in [0.2, 0.25) is 5.82 Å². The van der Waals surface area contributed by atoms with Crippen LogP contribution in [0.1, 0.15) is 12.8 Å². The number of benzene rings is 1. The van der Waals surface area contributed by atoms with E-state index in [9.17, 15) is 0 Å². The normalized spacial score (nSPS) is 18.4. The summed E-state index contributed by atoms with van der Waals surface area (Å²) in [7, 11) is 2.12. The summed E-state index contributed by atoms with van der Waals surface area (Å²) in [5.74, 6) is 1.65. The third-order valence-electron chi connectivity index (χ3n) is 4.23. The Hall–Kier alpha value is -2.38. The number of likely N-dealkylation sites (N-methyl/N-ethyl adjacent to an activating group) is 1. The molecule has 25 heavy (non-hydrogen) atoms. The van der Waals surface area contributed by atoms with Crippen molar-refractivity contribution in [2.24, 2.45) is 0 Å². The Morgan fingerprint density at radius 3 is 2.88 bits per heavy atom. The monoisotopic (exact) mass is 359 g/mol. The lowest BCUT2D eigenvalue weighted by molar-refractivity contribution is 0.104. The van der Waals surface area contributed by atoms with Crippen LogP contribution in [0, 0.1) is 0 Å². The van der Waals surface area contributed by atoms with Gasteiger partial charge in [0.15, 0.2) is 0 Å². The van der Waals surface area contributed by atoms with E-state index in [4.69, 9.17) is 20.9 Å². The van der Waals surface area contributed by atoms with Gasteiger partial charge in [-0.1, -0.05) is 16.8 Å². The number of H-pyrrole nitrogens is 1. The Morgan fingerprint density at radius 2 is 2.16 bits per heavy atom. The van der Waals surface area contributed by atoms with E-state index in [1.54, 1.807) is 0 Å². The first-order valence-corrected chi connectivity index (χ1v) is 8.55. The number of hydrogen-bond acceptors (Lipinski definition) is 6. The first-order valence-electron chi connectivity index (χ1n) is 8.17. The molecule has 1 aliphatic rings. The molecule has 0 bridgehead atoms. The second kappa shape index (κ2) is 6.85. The molecule has 0 radical (unpaired) electrons. The molecular formula is C17H18ClN5O2. The number of hydrogen-bond donors (Lipinski definition) is 1. The van der Waals surface area contributed by atoms with Crippen molar-refractivity contribution in [1.82, 2.24) is 25.2 Å². The molecule has 1 fully saturated rings. The van der Waals surface area contributed by atoms with Crippen LogP contribution in [0.2, 0.25) is 5.02 Å². The fraction of sp³-hybridized carbons (Fsp3) is 0.353. The third kappa shape index (κ3) is 3.52. The summed E-state index contributed by atoms with van der Waals surface area (Å²) in [5.41, 5.74) is 1.36. The van der Waals surface area contributed by atoms with E-state index >= 15 is 0 Å². The topological polar surface area (TPSA) is 80.1 Å². The van der Waals surface area contributed by atoms with E-state index in [0.717, 1.165) is 30.8 Å². The molecule has 1 unspecified atom stereocenters. The highest BCUT2D eigenvalue weighted by atomic mass is 35.5. The molecule has 0 spiro atoms. The Morgan fingerprint density at radius 1 is 1.32 bits per heavy atom. The van der Waals surface area contributed by atoms with Crippen LogP contribution in [0.3, 0.4) is 0 Å². The van der Waals surface area contributed by atoms with Gasteiger partial charge in [-0.05, 0) is 50.7 Å². The van der Waals surface area contributed by atoms with Gasteiger partial charge in [-0.25, -0.2) is 0 Å². The van der Waals surface area contributed by atoms with Crippen LogP contribution in [0.5, 0.6) is 5.75 Å². The Bertz CT molecular complexity index is 845. The molecule has 1 atom stereocenters.